The van der Waals surface area contributed by atoms with Crippen molar-refractivity contribution >= 4 is 7.12 Å². The maximum atomic E-state index is 6.27. The van der Waals surface area contributed by atoms with Crippen molar-refractivity contribution < 1.29 is 9.31 Å². The summed E-state index contributed by atoms with van der Waals surface area (Å²) in [5, 5.41) is 0. The fraction of sp³-hybridized carbons (Fsp3) is 0.667. The van der Waals surface area contributed by atoms with Crippen LogP contribution in [0.25, 0.3) is 0 Å². The van der Waals surface area contributed by atoms with Gasteiger partial charge in [0.15, 0.2) is 0 Å². The van der Waals surface area contributed by atoms with E-state index in [0.717, 1.165) is 11.8 Å². The Morgan fingerprint density at radius 3 is 2.57 bits per heavy atom. The second-order valence-corrected chi connectivity index (χ2v) is 7.86. The third kappa shape index (κ3) is 2.09. The largest absolute Gasteiger partial charge is 0.461 e. The number of hydrogen-bond acceptors (Lipinski definition) is 2. The van der Waals surface area contributed by atoms with Crippen LogP contribution in [-0.4, -0.2) is 13.7 Å². The summed E-state index contributed by atoms with van der Waals surface area (Å²) >= 11 is 0. The first-order valence-electron chi connectivity index (χ1n) is 8.39. The van der Waals surface area contributed by atoms with Crippen molar-refractivity contribution in [3.63, 3.8) is 0 Å². The Morgan fingerprint density at radius 1 is 1.14 bits per heavy atom. The second kappa shape index (κ2) is 4.86. The lowest BCUT2D eigenvalue weighted by Gasteiger charge is -2.62. The van der Waals surface area contributed by atoms with Gasteiger partial charge in [-0.05, 0) is 47.4 Å². The van der Waals surface area contributed by atoms with Crippen molar-refractivity contribution in [3.8, 4) is 0 Å². The monoisotopic (exact) mass is 284 g/mol. The van der Waals surface area contributed by atoms with Gasteiger partial charge in [-0.2, -0.15) is 0 Å². The molecule has 4 fully saturated rings. The number of rotatable bonds is 2. The minimum absolute atomic E-state index is 0.00612. The quantitative estimate of drug-likeness (QED) is 0.752. The van der Waals surface area contributed by atoms with E-state index in [-0.39, 0.29) is 13.2 Å². The Bertz CT molecular complexity index is 515. The van der Waals surface area contributed by atoms with Gasteiger partial charge in [-0.1, -0.05) is 51.1 Å². The molecule has 2 nitrogen and oxygen atoms in total. The molecule has 1 heterocycles. The summed E-state index contributed by atoms with van der Waals surface area (Å²) in [7, 11) is 0.00612. The van der Waals surface area contributed by atoms with E-state index in [4.69, 9.17) is 9.31 Å². The molecule has 5 rings (SSSR count). The molecule has 1 aromatic rings. The lowest BCUT2D eigenvalue weighted by molar-refractivity contribution is -0.103. The Morgan fingerprint density at radius 2 is 1.90 bits per heavy atom. The van der Waals surface area contributed by atoms with Gasteiger partial charge < -0.3 is 9.31 Å². The van der Waals surface area contributed by atoms with E-state index in [1.54, 1.807) is 0 Å². The van der Waals surface area contributed by atoms with E-state index in [2.05, 4.69) is 51.1 Å². The van der Waals surface area contributed by atoms with Gasteiger partial charge in [0, 0.05) is 0 Å². The predicted molar refractivity (Wildman–Crippen MR) is 84.9 cm³/mol. The van der Waals surface area contributed by atoms with Crippen LogP contribution in [0, 0.1) is 23.2 Å². The summed E-state index contributed by atoms with van der Waals surface area (Å²) < 4.78 is 12.3. The van der Waals surface area contributed by atoms with Crippen LogP contribution in [0.15, 0.2) is 30.3 Å². The maximum Gasteiger partial charge on any atom is 0.461 e. The summed E-state index contributed by atoms with van der Waals surface area (Å²) in [6.45, 7) is 8.01. The van der Waals surface area contributed by atoms with Crippen LogP contribution >= 0.6 is 0 Å². The molecule has 0 aromatic heterocycles. The Kier molecular flexibility index (Phi) is 3.20. The van der Waals surface area contributed by atoms with E-state index in [1.165, 1.54) is 18.4 Å². The Hall–Kier alpha value is -0.795. The van der Waals surface area contributed by atoms with Crippen LogP contribution in [-0.2, 0) is 9.31 Å². The minimum atomic E-state index is 0.00612. The zero-order valence-corrected chi connectivity index (χ0v) is 13.3. The first-order valence-corrected chi connectivity index (χ1v) is 8.39. The molecule has 1 aliphatic heterocycles. The van der Waals surface area contributed by atoms with Gasteiger partial charge in [0.1, 0.15) is 0 Å². The van der Waals surface area contributed by atoms with Gasteiger partial charge in [-0.3, -0.25) is 0 Å². The summed E-state index contributed by atoms with van der Waals surface area (Å²) in [4.78, 5) is 0. The molecule has 3 saturated carbocycles. The maximum absolute atomic E-state index is 6.27. The Labute approximate surface area is 128 Å². The number of fused-ring (bicyclic) bond motifs is 2. The van der Waals surface area contributed by atoms with E-state index >= 15 is 0 Å². The van der Waals surface area contributed by atoms with E-state index < -0.39 is 0 Å². The number of benzene rings is 1. The average Bonchev–Trinajstić information content (AvgIpc) is 2.97. The van der Waals surface area contributed by atoms with Crippen LogP contribution in [0.5, 0.6) is 0 Å². The molecule has 1 aromatic carbocycles. The molecule has 0 spiro atoms. The van der Waals surface area contributed by atoms with Crippen molar-refractivity contribution in [2.75, 3.05) is 6.61 Å². The normalized spacial score (nSPS) is 40.9. The highest BCUT2D eigenvalue weighted by Crippen LogP contribution is 2.65. The molecule has 3 heteroatoms. The van der Waals surface area contributed by atoms with E-state index in [1.807, 2.05) is 0 Å². The van der Waals surface area contributed by atoms with Crippen LogP contribution in [0.4, 0.5) is 0 Å². The van der Waals surface area contributed by atoms with E-state index in [0.29, 0.717) is 23.8 Å². The highest BCUT2D eigenvalue weighted by molar-refractivity contribution is 6.47. The zero-order chi connectivity index (χ0) is 14.6. The van der Waals surface area contributed by atoms with Crippen molar-refractivity contribution in [1.29, 1.82) is 0 Å². The van der Waals surface area contributed by atoms with Crippen molar-refractivity contribution in [2.45, 2.75) is 45.5 Å². The smallest absolute Gasteiger partial charge is 0.408 e. The van der Waals surface area contributed by atoms with Crippen LogP contribution in [0.1, 0.15) is 45.3 Å². The van der Waals surface area contributed by atoms with Gasteiger partial charge in [0.05, 0.1) is 12.7 Å². The summed E-state index contributed by atoms with van der Waals surface area (Å²) in [5.41, 5.74) is 1.78. The fourth-order valence-corrected chi connectivity index (χ4v) is 5.04. The molecule has 0 N–H and O–H groups in total. The topological polar surface area (TPSA) is 18.5 Å². The molecule has 21 heavy (non-hydrogen) atoms. The standard InChI is InChI=1S/C18H25BO2/c1-12-15-9-14(18(15,2)3)10-16(12)19-20-11-17(21-19)13-7-5-4-6-8-13/h4-8,12,14-17H,9-11H2,1-3H3/t12-,14-,15-,16+,17+/m0/s1. The molecule has 4 aliphatic rings. The summed E-state index contributed by atoms with van der Waals surface area (Å²) in [6.07, 6.45) is 2.81. The summed E-state index contributed by atoms with van der Waals surface area (Å²) in [5.74, 6) is 3.01. The predicted octanol–water partition coefficient (Wildman–Crippen LogP) is 4.34. The lowest BCUT2D eigenvalue weighted by atomic mass is 9.39. The van der Waals surface area contributed by atoms with Gasteiger partial charge in [0.2, 0.25) is 0 Å². The van der Waals surface area contributed by atoms with Crippen LogP contribution < -0.4 is 0 Å². The third-order valence-corrected chi connectivity index (χ3v) is 6.64. The van der Waals surface area contributed by atoms with E-state index in [9.17, 15) is 0 Å². The lowest BCUT2D eigenvalue weighted by Crippen LogP contribution is -2.55. The van der Waals surface area contributed by atoms with Crippen LogP contribution in [0.2, 0.25) is 5.82 Å². The van der Waals surface area contributed by atoms with Crippen molar-refractivity contribution in [3.05, 3.63) is 35.9 Å². The molecule has 0 unspecified atom stereocenters. The summed E-state index contributed by atoms with van der Waals surface area (Å²) in [6, 6.07) is 10.5. The van der Waals surface area contributed by atoms with Crippen molar-refractivity contribution in [2.24, 2.45) is 23.2 Å². The van der Waals surface area contributed by atoms with Gasteiger partial charge in [0.25, 0.3) is 0 Å². The zero-order valence-electron chi connectivity index (χ0n) is 13.3. The molecular formula is C18H25BO2. The second-order valence-electron chi connectivity index (χ2n) is 7.86. The first kappa shape index (κ1) is 13.8. The molecule has 3 aliphatic carbocycles. The van der Waals surface area contributed by atoms with Gasteiger partial charge in [-0.25, -0.2) is 0 Å². The average molecular weight is 284 g/mol. The highest BCUT2D eigenvalue weighted by atomic mass is 16.6. The van der Waals surface area contributed by atoms with Crippen molar-refractivity contribution in [1.82, 2.24) is 0 Å². The molecule has 112 valence electrons. The first-order chi connectivity index (χ1) is 10.1. The molecule has 1 saturated heterocycles. The highest BCUT2D eigenvalue weighted by Gasteiger charge is 2.59. The number of hydrogen-bond donors (Lipinski definition) is 0. The Balaban J connectivity index is 1.45. The minimum Gasteiger partial charge on any atom is -0.408 e. The molecular weight excluding hydrogens is 259 g/mol. The fourth-order valence-electron chi connectivity index (χ4n) is 5.04. The molecule has 0 radical (unpaired) electrons. The van der Waals surface area contributed by atoms with Gasteiger partial charge in [-0.15, -0.1) is 0 Å². The van der Waals surface area contributed by atoms with Crippen LogP contribution in [0.3, 0.4) is 0 Å². The molecule has 5 atom stereocenters. The SMILES string of the molecule is C[C@@H]1[C@H](B2OC[C@H](c3ccccc3)O2)C[C@@H]2C[C@@H]1C2(C)C. The molecule has 2 bridgehead atoms. The third-order valence-electron chi connectivity index (χ3n) is 6.64. The molecule has 0 amide bonds. The van der Waals surface area contributed by atoms with Gasteiger partial charge >= 0.3 is 7.12 Å².